The number of carbonyl (C=O) groups excluding carboxylic acids is 2. The van der Waals surface area contributed by atoms with Crippen LogP contribution in [0.1, 0.15) is 60.3 Å². The van der Waals surface area contributed by atoms with E-state index in [0.29, 0.717) is 25.9 Å². The van der Waals surface area contributed by atoms with Gasteiger partial charge in [-0.1, -0.05) is 13.8 Å². The standard InChI is InChI=1S/C21H40N2O8/c1-7-20(4,23-15(26)9-10-29-6)12-21(5,8-2)31-19-16(22-13(3)25)18(28)17(27)14(11-24)30-19/h14,16-19,24,27-28H,7-12H2,1-6H3,(H,22,25)(H,23,26). The molecule has 2 amide bonds. The second kappa shape index (κ2) is 12.1. The maximum Gasteiger partial charge on any atom is 0.222 e. The summed E-state index contributed by atoms with van der Waals surface area (Å²) < 4.78 is 16.9. The number of methoxy groups -OCH3 is 1. The Bertz CT molecular complexity index is 592. The average Bonchev–Trinajstić information content (AvgIpc) is 2.71. The molecular formula is C21H40N2O8. The summed E-state index contributed by atoms with van der Waals surface area (Å²) in [7, 11) is 1.54. The van der Waals surface area contributed by atoms with Crippen molar-refractivity contribution in [3.05, 3.63) is 0 Å². The van der Waals surface area contributed by atoms with Crippen LogP contribution in [0.5, 0.6) is 0 Å². The zero-order chi connectivity index (χ0) is 23.8. The van der Waals surface area contributed by atoms with Gasteiger partial charge in [-0.15, -0.1) is 0 Å². The van der Waals surface area contributed by atoms with Crippen LogP contribution in [0, 0.1) is 0 Å². The number of hydrogen-bond donors (Lipinski definition) is 5. The highest BCUT2D eigenvalue weighted by molar-refractivity contribution is 5.76. The van der Waals surface area contributed by atoms with E-state index in [1.165, 1.54) is 14.0 Å². The molecule has 0 spiro atoms. The number of amides is 2. The first-order chi connectivity index (χ1) is 14.4. The number of aliphatic hydroxyl groups excluding tert-OH is 3. The number of ether oxygens (including phenoxy) is 3. The SMILES string of the molecule is CCC(C)(CC(C)(CC)OC1OC(CO)C(O)C(O)C1NC(C)=O)NC(=O)CCOC. The molecule has 10 nitrogen and oxygen atoms in total. The van der Waals surface area contributed by atoms with Gasteiger partial charge in [-0.3, -0.25) is 9.59 Å². The molecule has 0 radical (unpaired) electrons. The third kappa shape index (κ3) is 7.96. The number of hydrogen-bond acceptors (Lipinski definition) is 8. The zero-order valence-electron chi connectivity index (χ0n) is 19.5. The molecule has 1 rings (SSSR count). The van der Waals surface area contributed by atoms with Gasteiger partial charge < -0.3 is 40.2 Å². The summed E-state index contributed by atoms with van der Waals surface area (Å²) >= 11 is 0. The Kier molecular flexibility index (Phi) is 10.8. The van der Waals surface area contributed by atoms with Crippen LogP contribution in [0.4, 0.5) is 0 Å². The van der Waals surface area contributed by atoms with Crippen molar-refractivity contribution in [2.45, 2.75) is 102 Å². The lowest BCUT2D eigenvalue weighted by Crippen LogP contribution is -2.66. The van der Waals surface area contributed by atoms with Gasteiger partial charge in [0.15, 0.2) is 6.29 Å². The molecule has 7 unspecified atom stereocenters. The molecule has 31 heavy (non-hydrogen) atoms. The van der Waals surface area contributed by atoms with Crippen molar-refractivity contribution < 1.29 is 39.1 Å². The molecule has 1 saturated heterocycles. The van der Waals surface area contributed by atoms with Crippen molar-refractivity contribution >= 4 is 11.8 Å². The first-order valence-electron chi connectivity index (χ1n) is 10.8. The summed E-state index contributed by atoms with van der Waals surface area (Å²) in [6.07, 6.45) is -3.05. The van der Waals surface area contributed by atoms with Crippen molar-refractivity contribution in [1.82, 2.24) is 10.6 Å². The van der Waals surface area contributed by atoms with Gasteiger partial charge in [-0.25, -0.2) is 0 Å². The van der Waals surface area contributed by atoms with E-state index in [2.05, 4.69) is 10.6 Å². The monoisotopic (exact) mass is 448 g/mol. The van der Waals surface area contributed by atoms with Gasteiger partial charge in [0.2, 0.25) is 11.8 Å². The van der Waals surface area contributed by atoms with Gasteiger partial charge in [-0.05, 0) is 33.1 Å². The number of rotatable bonds is 12. The van der Waals surface area contributed by atoms with Gasteiger partial charge in [0.25, 0.3) is 0 Å². The first kappa shape index (κ1) is 27.7. The molecule has 1 aliphatic rings. The van der Waals surface area contributed by atoms with E-state index in [1.807, 2.05) is 27.7 Å². The molecular weight excluding hydrogens is 408 g/mol. The lowest BCUT2D eigenvalue weighted by atomic mass is 9.82. The van der Waals surface area contributed by atoms with Crippen molar-refractivity contribution in [2.24, 2.45) is 0 Å². The zero-order valence-corrected chi connectivity index (χ0v) is 19.5. The van der Waals surface area contributed by atoms with Crippen molar-refractivity contribution in [2.75, 3.05) is 20.3 Å². The lowest BCUT2D eigenvalue weighted by Gasteiger charge is -2.47. The minimum Gasteiger partial charge on any atom is -0.394 e. The van der Waals surface area contributed by atoms with E-state index in [4.69, 9.17) is 14.2 Å². The summed E-state index contributed by atoms with van der Waals surface area (Å²) in [5.74, 6) is -0.550. The van der Waals surface area contributed by atoms with Crippen LogP contribution in [0.2, 0.25) is 0 Å². The van der Waals surface area contributed by atoms with Crippen LogP contribution in [-0.4, -0.2) is 89.2 Å². The first-order valence-corrected chi connectivity index (χ1v) is 10.8. The fourth-order valence-electron chi connectivity index (χ4n) is 3.78. The molecule has 0 aromatic rings. The van der Waals surface area contributed by atoms with Gasteiger partial charge in [-0.2, -0.15) is 0 Å². The second-order valence-electron chi connectivity index (χ2n) is 8.74. The van der Waals surface area contributed by atoms with Crippen LogP contribution in [-0.2, 0) is 23.8 Å². The molecule has 0 bridgehead atoms. The maximum atomic E-state index is 12.3. The lowest BCUT2D eigenvalue weighted by molar-refractivity contribution is -0.300. The van der Waals surface area contributed by atoms with Gasteiger partial charge in [0.05, 0.1) is 18.8 Å². The molecule has 1 aliphatic heterocycles. The molecule has 0 saturated carbocycles. The normalized spacial score (nSPS) is 30.2. The highest BCUT2D eigenvalue weighted by Gasteiger charge is 2.48. The Morgan fingerprint density at radius 3 is 2.26 bits per heavy atom. The number of nitrogens with one attached hydrogen (secondary N) is 2. The Balaban J connectivity index is 3.05. The van der Waals surface area contributed by atoms with Crippen LogP contribution in [0.25, 0.3) is 0 Å². The predicted octanol–water partition coefficient (Wildman–Crippen LogP) is -0.173. The Morgan fingerprint density at radius 1 is 1.13 bits per heavy atom. The second-order valence-corrected chi connectivity index (χ2v) is 8.74. The minimum absolute atomic E-state index is 0.131. The van der Waals surface area contributed by atoms with E-state index in [1.54, 1.807) is 0 Å². The van der Waals surface area contributed by atoms with E-state index < -0.39 is 54.3 Å². The van der Waals surface area contributed by atoms with Crippen molar-refractivity contribution in [3.63, 3.8) is 0 Å². The minimum atomic E-state index is -1.38. The Labute approximate surface area is 184 Å². The van der Waals surface area contributed by atoms with E-state index >= 15 is 0 Å². The summed E-state index contributed by atoms with van der Waals surface area (Å²) in [6.45, 7) is 8.77. The maximum absolute atomic E-state index is 12.3. The molecule has 0 aliphatic carbocycles. The topological polar surface area (TPSA) is 147 Å². The molecule has 1 heterocycles. The number of aliphatic hydroxyl groups is 3. The third-order valence-electron chi connectivity index (χ3n) is 5.92. The molecule has 10 heteroatoms. The average molecular weight is 449 g/mol. The fraction of sp³-hybridized carbons (Fsp3) is 0.905. The van der Waals surface area contributed by atoms with Crippen LogP contribution in [0.15, 0.2) is 0 Å². The van der Waals surface area contributed by atoms with Gasteiger partial charge >= 0.3 is 0 Å². The van der Waals surface area contributed by atoms with Gasteiger partial charge in [0.1, 0.15) is 24.4 Å². The molecule has 1 fully saturated rings. The largest absolute Gasteiger partial charge is 0.394 e. The molecule has 5 N–H and O–H groups in total. The summed E-state index contributed by atoms with van der Waals surface area (Å²) in [5, 5.41) is 35.8. The Hall–Kier alpha value is -1.30. The predicted molar refractivity (Wildman–Crippen MR) is 113 cm³/mol. The molecule has 0 aromatic heterocycles. The van der Waals surface area contributed by atoms with Gasteiger partial charge in [0, 0.05) is 26.0 Å². The van der Waals surface area contributed by atoms with Crippen LogP contribution in [0.3, 0.4) is 0 Å². The number of carbonyl (C=O) groups is 2. The fourth-order valence-corrected chi connectivity index (χ4v) is 3.78. The van der Waals surface area contributed by atoms with Crippen molar-refractivity contribution in [3.8, 4) is 0 Å². The highest BCUT2D eigenvalue weighted by Crippen LogP contribution is 2.34. The Morgan fingerprint density at radius 2 is 1.77 bits per heavy atom. The van der Waals surface area contributed by atoms with E-state index in [-0.39, 0.29) is 12.3 Å². The van der Waals surface area contributed by atoms with E-state index in [9.17, 15) is 24.9 Å². The molecule has 7 atom stereocenters. The smallest absolute Gasteiger partial charge is 0.222 e. The molecule has 0 aromatic carbocycles. The summed E-state index contributed by atoms with van der Waals surface area (Å²) in [6, 6.07) is -1.02. The van der Waals surface area contributed by atoms with E-state index in [0.717, 1.165) is 0 Å². The summed E-state index contributed by atoms with van der Waals surface area (Å²) in [5.41, 5.74) is -1.38. The quantitative estimate of drug-likeness (QED) is 0.276. The van der Waals surface area contributed by atoms with Crippen LogP contribution < -0.4 is 10.6 Å². The summed E-state index contributed by atoms with van der Waals surface area (Å²) in [4.78, 5) is 23.9. The highest BCUT2D eigenvalue weighted by atomic mass is 16.7. The molecule has 182 valence electrons. The van der Waals surface area contributed by atoms with Crippen molar-refractivity contribution in [1.29, 1.82) is 0 Å². The van der Waals surface area contributed by atoms with Crippen LogP contribution >= 0.6 is 0 Å². The third-order valence-corrected chi connectivity index (χ3v) is 5.92.